The van der Waals surface area contributed by atoms with E-state index in [1.165, 1.54) is 17.0 Å². The number of ether oxygens (including phenoxy) is 1. The summed E-state index contributed by atoms with van der Waals surface area (Å²) >= 11 is 0. The number of nitro groups is 1. The molecule has 0 atom stereocenters. The first-order valence-corrected chi connectivity index (χ1v) is 8.89. The normalized spacial score (nSPS) is 11.3. The lowest BCUT2D eigenvalue weighted by molar-refractivity contribution is -0.391. The van der Waals surface area contributed by atoms with E-state index in [9.17, 15) is 10.1 Å². The number of hydrogen-bond donors (Lipinski definition) is 0. The molecule has 8 heteroatoms. The van der Waals surface area contributed by atoms with Gasteiger partial charge in [-0.3, -0.25) is 0 Å². The van der Waals surface area contributed by atoms with Crippen molar-refractivity contribution in [1.82, 2.24) is 9.55 Å². The molecule has 27 heavy (non-hydrogen) atoms. The maximum absolute atomic E-state index is 11.0. The first-order valence-electron chi connectivity index (χ1n) is 8.89. The van der Waals surface area contributed by atoms with Crippen LogP contribution in [0.4, 0.5) is 11.5 Å². The fraction of sp³-hybridized carbons (Fsp3) is 0.368. The molecule has 2 aromatic rings. The van der Waals surface area contributed by atoms with Gasteiger partial charge in [0, 0.05) is 25.0 Å². The second-order valence-corrected chi connectivity index (χ2v) is 5.96. The molecule has 8 nitrogen and oxygen atoms in total. The predicted molar refractivity (Wildman–Crippen MR) is 106 cm³/mol. The van der Waals surface area contributed by atoms with E-state index in [1.54, 1.807) is 7.05 Å². The van der Waals surface area contributed by atoms with Gasteiger partial charge in [-0.25, -0.2) is 14.5 Å². The van der Waals surface area contributed by atoms with Gasteiger partial charge in [0.1, 0.15) is 11.9 Å². The van der Waals surface area contributed by atoms with Crippen LogP contribution in [0.5, 0.6) is 5.75 Å². The van der Waals surface area contributed by atoms with E-state index in [1.807, 2.05) is 24.3 Å². The number of hydrogen-bond acceptors (Lipinski definition) is 6. The topological polar surface area (TPSA) is 85.8 Å². The molecule has 0 bridgehead atoms. The van der Waals surface area contributed by atoms with Crippen molar-refractivity contribution in [3.63, 3.8) is 0 Å². The van der Waals surface area contributed by atoms with Gasteiger partial charge in [0.25, 0.3) is 11.7 Å². The third-order valence-electron chi connectivity index (χ3n) is 3.95. The van der Waals surface area contributed by atoms with Gasteiger partial charge >= 0.3 is 5.82 Å². The van der Waals surface area contributed by atoms with E-state index in [4.69, 9.17) is 4.74 Å². The van der Waals surface area contributed by atoms with Crippen LogP contribution < -0.4 is 9.64 Å². The van der Waals surface area contributed by atoms with E-state index in [-0.39, 0.29) is 17.5 Å². The minimum Gasteiger partial charge on any atom is -0.434 e. The molecule has 0 amide bonds. The minimum absolute atomic E-state index is 0.143. The zero-order chi connectivity index (χ0) is 19.8. The van der Waals surface area contributed by atoms with Crippen molar-refractivity contribution >= 4 is 17.4 Å². The fourth-order valence-electron chi connectivity index (χ4n) is 2.73. The molecule has 1 heterocycles. The molecule has 0 N–H and O–H groups in total. The molecule has 144 valence electrons. The smallest absolute Gasteiger partial charge is 0.343 e. The molecule has 0 aliphatic rings. The third kappa shape index (κ3) is 4.93. The molecule has 0 unspecified atom stereocenters. The monoisotopic (exact) mass is 371 g/mol. The number of benzene rings is 1. The summed E-state index contributed by atoms with van der Waals surface area (Å²) in [6, 6.07) is 7.69. The van der Waals surface area contributed by atoms with E-state index < -0.39 is 4.92 Å². The molecule has 0 aliphatic heterocycles. The van der Waals surface area contributed by atoms with Gasteiger partial charge in [-0.15, -0.1) is 0 Å². The van der Waals surface area contributed by atoms with Gasteiger partial charge < -0.3 is 19.8 Å². The Kier molecular flexibility index (Phi) is 7.10. The lowest BCUT2D eigenvalue weighted by Gasteiger charge is -2.23. The van der Waals surface area contributed by atoms with Crippen LogP contribution in [0.3, 0.4) is 0 Å². The van der Waals surface area contributed by atoms with Crippen LogP contribution in [0.15, 0.2) is 48.2 Å². The average Bonchev–Trinajstić information content (AvgIpc) is 3.03. The second kappa shape index (κ2) is 9.51. The second-order valence-electron chi connectivity index (χ2n) is 5.96. The highest BCUT2D eigenvalue weighted by Crippen LogP contribution is 2.22. The van der Waals surface area contributed by atoms with Crippen LogP contribution in [0.25, 0.3) is 0 Å². The first kappa shape index (κ1) is 20.2. The van der Waals surface area contributed by atoms with Crippen molar-refractivity contribution in [2.75, 3.05) is 18.0 Å². The minimum atomic E-state index is -0.507. The number of anilines is 1. The Morgan fingerprint density at radius 2 is 1.96 bits per heavy atom. The highest BCUT2D eigenvalue weighted by Gasteiger charge is 2.23. The van der Waals surface area contributed by atoms with Crippen LogP contribution in [-0.2, 0) is 7.05 Å². The standard InChI is InChI=1S/C19H25N5O3/c1-5-12-23(13-6-2)15-8-10-16(11-9-15)27-19(20-7-3)18-21-14-17(22(18)4)24(25)26/h7-11,14H,3,5-6,12-13H2,1-2,4H3. The number of rotatable bonds is 9. The molecular formula is C19H25N5O3. The summed E-state index contributed by atoms with van der Waals surface area (Å²) < 4.78 is 7.14. The van der Waals surface area contributed by atoms with Gasteiger partial charge in [-0.2, -0.15) is 0 Å². The Balaban J connectivity index is 2.23. The maximum atomic E-state index is 11.0. The Morgan fingerprint density at radius 3 is 2.44 bits per heavy atom. The highest BCUT2D eigenvalue weighted by atomic mass is 16.6. The molecule has 1 aromatic heterocycles. The van der Waals surface area contributed by atoms with Crippen LogP contribution in [0.2, 0.25) is 0 Å². The van der Waals surface area contributed by atoms with Crippen molar-refractivity contribution in [2.45, 2.75) is 26.7 Å². The van der Waals surface area contributed by atoms with Crippen LogP contribution >= 0.6 is 0 Å². The summed E-state index contributed by atoms with van der Waals surface area (Å²) in [5.41, 5.74) is 1.13. The Morgan fingerprint density at radius 1 is 1.33 bits per heavy atom. The van der Waals surface area contributed by atoms with Crippen LogP contribution in [-0.4, -0.2) is 33.5 Å². The lowest BCUT2D eigenvalue weighted by atomic mass is 10.2. The van der Waals surface area contributed by atoms with E-state index in [2.05, 4.69) is 35.3 Å². The zero-order valence-corrected chi connectivity index (χ0v) is 16.0. The van der Waals surface area contributed by atoms with Gasteiger partial charge in [-0.05, 0) is 42.0 Å². The molecule has 0 aliphatic carbocycles. The largest absolute Gasteiger partial charge is 0.434 e. The van der Waals surface area contributed by atoms with Crippen molar-refractivity contribution < 1.29 is 9.66 Å². The third-order valence-corrected chi connectivity index (χ3v) is 3.95. The number of nitrogens with zero attached hydrogens (tertiary/aromatic N) is 5. The van der Waals surface area contributed by atoms with E-state index >= 15 is 0 Å². The number of aromatic nitrogens is 2. The molecule has 0 spiro atoms. The maximum Gasteiger partial charge on any atom is 0.343 e. The van der Waals surface area contributed by atoms with Crippen LogP contribution in [0, 0.1) is 10.1 Å². The molecular weight excluding hydrogens is 346 g/mol. The Bertz CT molecular complexity index is 805. The van der Waals surface area contributed by atoms with Gasteiger partial charge in [-0.1, -0.05) is 20.4 Å². The summed E-state index contributed by atoms with van der Waals surface area (Å²) in [5.74, 6) is 0.824. The molecule has 2 rings (SSSR count). The Hall–Kier alpha value is -3.16. The molecule has 0 saturated carbocycles. The van der Waals surface area contributed by atoms with Crippen molar-refractivity contribution in [3.05, 3.63) is 59.2 Å². The highest BCUT2D eigenvalue weighted by molar-refractivity contribution is 5.93. The van der Waals surface area contributed by atoms with E-state index in [0.29, 0.717) is 5.75 Å². The number of imidazole rings is 1. The summed E-state index contributed by atoms with van der Waals surface area (Å²) in [6.07, 6.45) is 4.64. The summed E-state index contributed by atoms with van der Waals surface area (Å²) in [7, 11) is 1.54. The SMILES string of the molecule is C=CN=C(Oc1ccc(N(CCC)CCC)cc1)c1ncc([N+](=O)[O-])n1C. The quantitative estimate of drug-likeness (QED) is 0.289. The molecule has 1 aromatic carbocycles. The van der Waals surface area contributed by atoms with Crippen LogP contribution in [0.1, 0.15) is 32.5 Å². The lowest BCUT2D eigenvalue weighted by Crippen LogP contribution is -2.24. The van der Waals surface area contributed by atoms with Crippen molar-refractivity contribution in [3.8, 4) is 5.75 Å². The Labute approximate surface area is 159 Å². The van der Waals surface area contributed by atoms with E-state index in [0.717, 1.165) is 31.6 Å². The van der Waals surface area contributed by atoms with Gasteiger partial charge in [0.15, 0.2) is 0 Å². The zero-order valence-electron chi connectivity index (χ0n) is 16.0. The molecule has 0 fully saturated rings. The van der Waals surface area contributed by atoms with Gasteiger partial charge in [0.2, 0.25) is 0 Å². The molecule has 0 radical (unpaired) electrons. The predicted octanol–water partition coefficient (Wildman–Crippen LogP) is 3.92. The average molecular weight is 371 g/mol. The molecule has 0 saturated heterocycles. The summed E-state index contributed by atoms with van der Waals surface area (Å²) in [6.45, 7) is 9.87. The number of aliphatic imine (C=N–C) groups is 1. The fourth-order valence-corrected chi connectivity index (χ4v) is 2.73. The first-order chi connectivity index (χ1) is 13.0. The van der Waals surface area contributed by atoms with Crippen molar-refractivity contribution in [2.24, 2.45) is 12.0 Å². The summed E-state index contributed by atoms with van der Waals surface area (Å²) in [5, 5.41) is 11.0. The summed E-state index contributed by atoms with van der Waals surface area (Å²) in [4.78, 5) is 21.0. The van der Waals surface area contributed by atoms with Gasteiger partial charge in [0.05, 0.1) is 7.05 Å². The van der Waals surface area contributed by atoms with Crippen molar-refractivity contribution in [1.29, 1.82) is 0 Å².